The van der Waals surface area contributed by atoms with Crippen LogP contribution in [0.15, 0.2) is 0 Å². The number of hydrogen-bond donors (Lipinski definition) is 2. The predicted octanol–water partition coefficient (Wildman–Crippen LogP) is 0.904. The first kappa shape index (κ1) is 12.7. The lowest BCUT2D eigenvalue weighted by atomic mass is 10.1. The minimum Gasteiger partial charge on any atom is -0.480 e. The molecular weight excluding hydrogens is 232 g/mol. The van der Waals surface area contributed by atoms with E-state index in [0.29, 0.717) is 11.8 Å². The molecule has 0 aliphatic heterocycles. The standard InChI is InChI=1S/C13H18N2O3/c1-2-7-15(8-11(16)17)13(18)14-12(9-3-4-9)10-5-6-10/h1,9-10,12H,3-8H2,(H,14,18)(H,16,17). The lowest BCUT2D eigenvalue weighted by molar-refractivity contribution is -0.137. The predicted molar refractivity (Wildman–Crippen MR) is 65.8 cm³/mol. The largest absolute Gasteiger partial charge is 0.480 e. The van der Waals surface area contributed by atoms with E-state index in [-0.39, 0.29) is 25.2 Å². The molecule has 0 radical (unpaired) electrons. The number of amides is 2. The molecule has 5 heteroatoms. The van der Waals surface area contributed by atoms with Gasteiger partial charge in [-0.3, -0.25) is 4.79 Å². The van der Waals surface area contributed by atoms with Crippen LogP contribution in [0.25, 0.3) is 0 Å². The van der Waals surface area contributed by atoms with Gasteiger partial charge in [0.15, 0.2) is 0 Å². The second-order valence-corrected chi connectivity index (χ2v) is 5.10. The number of urea groups is 1. The molecule has 2 saturated carbocycles. The first-order valence-corrected chi connectivity index (χ1v) is 6.32. The Labute approximate surface area is 107 Å². The van der Waals surface area contributed by atoms with Crippen molar-refractivity contribution in [3.05, 3.63) is 0 Å². The first-order valence-electron chi connectivity index (χ1n) is 6.32. The maximum absolute atomic E-state index is 12.0. The molecule has 0 bridgehead atoms. The average Bonchev–Trinajstić information content (AvgIpc) is 3.16. The quantitative estimate of drug-likeness (QED) is 0.688. The summed E-state index contributed by atoms with van der Waals surface area (Å²) in [6.45, 7) is -0.321. The first-order chi connectivity index (χ1) is 8.61. The third-order valence-electron chi connectivity index (χ3n) is 3.45. The van der Waals surface area contributed by atoms with Gasteiger partial charge in [0, 0.05) is 6.04 Å². The summed E-state index contributed by atoms with van der Waals surface area (Å²) < 4.78 is 0. The number of rotatable bonds is 6. The molecule has 2 aliphatic carbocycles. The van der Waals surface area contributed by atoms with Gasteiger partial charge in [-0.25, -0.2) is 4.79 Å². The summed E-state index contributed by atoms with van der Waals surface area (Å²) in [5.41, 5.74) is 0. The van der Waals surface area contributed by atoms with Gasteiger partial charge in [0.1, 0.15) is 6.54 Å². The molecule has 0 aromatic rings. The van der Waals surface area contributed by atoms with Crippen molar-refractivity contribution in [1.82, 2.24) is 10.2 Å². The van der Waals surface area contributed by atoms with Gasteiger partial charge in [-0.15, -0.1) is 6.42 Å². The van der Waals surface area contributed by atoms with Gasteiger partial charge in [0.2, 0.25) is 0 Å². The maximum Gasteiger partial charge on any atom is 0.323 e. The number of carbonyl (C=O) groups is 2. The van der Waals surface area contributed by atoms with Gasteiger partial charge < -0.3 is 15.3 Å². The van der Waals surface area contributed by atoms with Crippen molar-refractivity contribution in [2.75, 3.05) is 13.1 Å². The van der Waals surface area contributed by atoms with E-state index in [1.807, 2.05) is 0 Å². The summed E-state index contributed by atoms with van der Waals surface area (Å²) in [6.07, 6.45) is 9.80. The number of hydrogen-bond acceptors (Lipinski definition) is 2. The van der Waals surface area contributed by atoms with Crippen LogP contribution in [0.1, 0.15) is 25.7 Å². The van der Waals surface area contributed by atoms with Gasteiger partial charge in [-0.05, 0) is 37.5 Å². The molecule has 18 heavy (non-hydrogen) atoms. The van der Waals surface area contributed by atoms with Crippen molar-refractivity contribution in [2.45, 2.75) is 31.7 Å². The molecule has 0 spiro atoms. The zero-order chi connectivity index (χ0) is 13.1. The van der Waals surface area contributed by atoms with E-state index in [9.17, 15) is 9.59 Å². The molecule has 98 valence electrons. The molecule has 0 saturated heterocycles. The Bertz CT molecular complexity index is 368. The van der Waals surface area contributed by atoms with Crippen LogP contribution in [0.4, 0.5) is 4.79 Å². The molecule has 0 aromatic carbocycles. The smallest absolute Gasteiger partial charge is 0.323 e. The van der Waals surface area contributed by atoms with Crippen LogP contribution in [0.2, 0.25) is 0 Å². The number of carboxylic acids is 1. The summed E-state index contributed by atoms with van der Waals surface area (Å²) in [7, 11) is 0. The van der Waals surface area contributed by atoms with E-state index >= 15 is 0 Å². The molecule has 2 aliphatic rings. The third-order valence-corrected chi connectivity index (χ3v) is 3.45. The lowest BCUT2D eigenvalue weighted by Crippen LogP contribution is -2.48. The van der Waals surface area contributed by atoms with Crippen LogP contribution in [-0.2, 0) is 4.79 Å². The molecule has 2 rings (SSSR count). The van der Waals surface area contributed by atoms with Gasteiger partial charge in [-0.1, -0.05) is 5.92 Å². The number of nitrogens with zero attached hydrogens (tertiary/aromatic N) is 1. The highest BCUT2D eigenvalue weighted by atomic mass is 16.4. The zero-order valence-corrected chi connectivity index (χ0v) is 10.3. The fraction of sp³-hybridized carbons (Fsp3) is 0.692. The number of terminal acetylenes is 1. The number of aliphatic carboxylic acids is 1. The summed E-state index contributed by atoms with van der Waals surface area (Å²) in [5.74, 6) is 2.44. The van der Waals surface area contributed by atoms with Crippen molar-refractivity contribution in [3.63, 3.8) is 0 Å². The van der Waals surface area contributed by atoms with E-state index in [1.165, 1.54) is 4.90 Å². The van der Waals surface area contributed by atoms with Crippen LogP contribution in [-0.4, -0.2) is 41.1 Å². The summed E-state index contributed by atoms with van der Waals surface area (Å²) >= 11 is 0. The molecule has 2 N–H and O–H groups in total. The number of carbonyl (C=O) groups excluding carboxylic acids is 1. The molecule has 5 nitrogen and oxygen atoms in total. The van der Waals surface area contributed by atoms with E-state index < -0.39 is 5.97 Å². The summed E-state index contributed by atoms with van der Waals surface area (Å²) in [5, 5.41) is 11.7. The van der Waals surface area contributed by atoms with Gasteiger partial charge in [-0.2, -0.15) is 0 Å². The Kier molecular flexibility index (Phi) is 3.75. The summed E-state index contributed by atoms with van der Waals surface area (Å²) in [6, 6.07) is -0.134. The van der Waals surface area contributed by atoms with Crippen molar-refractivity contribution >= 4 is 12.0 Å². The SMILES string of the molecule is C#CCN(CC(=O)O)C(=O)NC(C1CC1)C1CC1. The highest BCUT2D eigenvalue weighted by Crippen LogP contribution is 2.44. The van der Waals surface area contributed by atoms with E-state index in [2.05, 4.69) is 11.2 Å². The van der Waals surface area contributed by atoms with E-state index in [1.54, 1.807) is 0 Å². The topological polar surface area (TPSA) is 69.6 Å². The molecule has 0 atom stereocenters. The normalized spacial score (nSPS) is 18.2. The molecule has 0 heterocycles. The Morgan fingerprint density at radius 3 is 2.28 bits per heavy atom. The fourth-order valence-corrected chi connectivity index (χ4v) is 2.24. The van der Waals surface area contributed by atoms with Crippen molar-refractivity contribution in [1.29, 1.82) is 0 Å². The second kappa shape index (κ2) is 5.30. The molecule has 0 aromatic heterocycles. The van der Waals surface area contributed by atoms with Crippen molar-refractivity contribution in [3.8, 4) is 12.3 Å². The zero-order valence-electron chi connectivity index (χ0n) is 10.3. The second-order valence-electron chi connectivity index (χ2n) is 5.10. The van der Waals surface area contributed by atoms with Crippen LogP contribution in [0, 0.1) is 24.2 Å². The van der Waals surface area contributed by atoms with Crippen molar-refractivity contribution in [2.24, 2.45) is 11.8 Å². The monoisotopic (exact) mass is 250 g/mol. The Morgan fingerprint density at radius 1 is 1.33 bits per heavy atom. The molecule has 2 fully saturated rings. The van der Waals surface area contributed by atoms with Crippen LogP contribution < -0.4 is 5.32 Å². The van der Waals surface area contributed by atoms with Crippen molar-refractivity contribution < 1.29 is 14.7 Å². The molecular formula is C13H18N2O3. The Morgan fingerprint density at radius 2 is 1.89 bits per heavy atom. The number of carboxylic acid groups (broad SMARTS) is 1. The van der Waals surface area contributed by atoms with Crippen LogP contribution >= 0.6 is 0 Å². The average molecular weight is 250 g/mol. The third kappa shape index (κ3) is 3.39. The highest BCUT2D eigenvalue weighted by Gasteiger charge is 2.42. The minimum atomic E-state index is -1.05. The van der Waals surface area contributed by atoms with Gasteiger partial charge >= 0.3 is 12.0 Å². The van der Waals surface area contributed by atoms with Crippen LogP contribution in [0.3, 0.4) is 0 Å². The number of nitrogens with one attached hydrogen (secondary N) is 1. The Hall–Kier alpha value is -1.70. The van der Waals surface area contributed by atoms with E-state index in [0.717, 1.165) is 25.7 Å². The summed E-state index contributed by atoms with van der Waals surface area (Å²) in [4.78, 5) is 23.8. The van der Waals surface area contributed by atoms with E-state index in [4.69, 9.17) is 11.5 Å². The van der Waals surface area contributed by atoms with Gasteiger partial charge in [0.05, 0.1) is 6.54 Å². The molecule has 2 amide bonds. The molecule has 0 unspecified atom stereocenters. The van der Waals surface area contributed by atoms with Gasteiger partial charge in [0.25, 0.3) is 0 Å². The fourth-order valence-electron chi connectivity index (χ4n) is 2.24. The highest BCUT2D eigenvalue weighted by molar-refractivity contribution is 5.80. The minimum absolute atomic E-state index is 0.0280. The van der Waals surface area contributed by atoms with Crippen LogP contribution in [0.5, 0.6) is 0 Å². The Balaban J connectivity index is 1.90. The maximum atomic E-state index is 12.0. The lowest BCUT2D eigenvalue weighted by Gasteiger charge is -2.24.